The molecule has 1 aliphatic rings. The fourth-order valence-corrected chi connectivity index (χ4v) is 3.89. The van der Waals surface area contributed by atoms with E-state index >= 15 is 0 Å². The first-order valence-electron chi connectivity index (χ1n) is 9.67. The Bertz CT molecular complexity index is 1120. The molecule has 142 valence electrons. The highest BCUT2D eigenvalue weighted by Gasteiger charge is 2.23. The third-order valence-electron chi connectivity index (χ3n) is 5.35. The minimum Gasteiger partial charge on any atom is -0.378 e. The first kappa shape index (κ1) is 18.2. The molecule has 1 heterocycles. The molecule has 0 amide bonds. The van der Waals surface area contributed by atoms with Gasteiger partial charge in [0.15, 0.2) is 0 Å². The maximum atomic E-state index is 13.6. The van der Waals surface area contributed by atoms with Crippen LogP contribution in [0.5, 0.6) is 0 Å². The van der Waals surface area contributed by atoms with Gasteiger partial charge >= 0.3 is 0 Å². The van der Waals surface area contributed by atoms with Crippen LogP contribution < -0.4 is 10.5 Å². The van der Waals surface area contributed by atoms with Crippen molar-refractivity contribution in [2.45, 2.75) is 25.8 Å². The lowest BCUT2D eigenvalue weighted by Gasteiger charge is -2.26. The molecule has 0 saturated heterocycles. The van der Waals surface area contributed by atoms with E-state index in [1.165, 1.54) is 5.57 Å². The Balaban J connectivity index is 1.99. The Kier molecular flexibility index (Phi) is 4.86. The second-order valence-corrected chi connectivity index (χ2v) is 7.45. The van der Waals surface area contributed by atoms with E-state index in [1.54, 1.807) is 0 Å². The molecule has 0 N–H and O–H groups in total. The number of aromatic nitrogens is 2. The third kappa shape index (κ3) is 3.26. The first-order chi connectivity index (χ1) is 13.6. The van der Waals surface area contributed by atoms with Gasteiger partial charge in [-0.05, 0) is 49.1 Å². The summed E-state index contributed by atoms with van der Waals surface area (Å²) < 4.78 is 1.86. The minimum atomic E-state index is -0.140. The molecule has 1 aromatic heterocycles. The van der Waals surface area contributed by atoms with E-state index in [9.17, 15) is 4.79 Å². The lowest BCUT2D eigenvalue weighted by Crippen LogP contribution is -2.30. The second-order valence-electron chi connectivity index (χ2n) is 7.45. The topological polar surface area (TPSA) is 38.1 Å². The monoisotopic (exact) mass is 371 g/mol. The van der Waals surface area contributed by atoms with E-state index in [-0.39, 0.29) is 11.6 Å². The van der Waals surface area contributed by atoms with Crippen molar-refractivity contribution >= 4 is 16.6 Å². The van der Waals surface area contributed by atoms with Crippen molar-refractivity contribution in [1.82, 2.24) is 9.55 Å². The Hall–Kier alpha value is -3.14. The number of hydrogen-bond donors (Lipinski definition) is 0. The van der Waals surface area contributed by atoms with Crippen molar-refractivity contribution < 1.29 is 0 Å². The fourth-order valence-electron chi connectivity index (χ4n) is 3.89. The standard InChI is InChI=1S/C24H25N3O/c1-17-25-22-15-14-20(26(2)3)16-21(22)24(28)27(17)23(18-10-6-4-7-11-18)19-12-8-5-9-13-19/h4-8,10-12,14-16,23H,9,13H2,1-3H3. The Morgan fingerprint density at radius 3 is 2.57 bits per heavy atom. The summed E-state index contributed by atoms with van der Waals surface area (Å²) in [6.45, 7) is 1.93. The molecule has 0 saturated carbocycles. The molecule has 4 nitrogen and oxygen atoms in total. The summed E-state index contributed by atoms with van der Waals surface area (Å²) in [4.78, 5) is 20.4. The summed E-state index contributed by atoms with van der Waals surface area (Å²) in [6, 6.07) is 16.0. The quantitative estimate of drug-likeness (QED) is 0.671. The summed E-state index contributed by atoms with van der Waals surface area (Å²) in [5, 5.41) is 0.657. The Labute approximate surface area is 165 Å². The van der Waals surface area contributed by atoms with Gasteiger partial charge in [0.25, 0.3) is 5.56 Å². The molecule has 0 spiro atoms. The summed E-state index contributed by atoms with van der Waals surface area (Å²) in [5.41, 5.74) is 4.10. The van der Waals surface area contributed by atoms with Gasteiger partial charge in [-0.3, -0.25) is 9.36 Å². The smallest absolute Gasteiger partial charge is 0.262 e. The van der Waals surface area contributed by atoms with Crippen LogP contribution in [0.15, 0.2) is 77.1 Å². The maximum Gasteiger partial charge on any atom is 0.262 e. The molecule has 28 heavy (non-hydrogen) atoms. The molecule has 0 aliphatic heterocycles. The van der Waals surface area contributed by atoms with Gasteiger partial charge in [-0.15, -0.1) is 0 Å². The van der Waals surface area contributed by atoms with Gasteiger partial charge < -0.3 is 4.90 Å². The molecule has 2 aromatic carbocycles. The highest BCUT2D eigenvalue weighted by molar-refractivity contribution is 5.81. The molecular formula is C24H25N3O. The van der Waals surface area contributed by atoms with Crippen LogP contribution in [0.25, 0.3) is 10.9 Å². The minimum absolute atomic E-state index is 0.00973. The van der Waals surface area contributed by atoms with E-state index in [0.717, 1.165) is 35.4 Å². The van der Waals surface area contributed by atoms with Gasteiger partial charge in [-0.1, -0.05) is 48.6 Å². The molecular weight excluding hydrogens is 346 g/mol. The number of anilines is 1. The normalized spacial score (nSPS) is 14.8. The number of aryl methyl sites for hydroxylation is 1. The van der Waals surface area contributed by atoms with E-state index in [2.05, 4.69) is 30.4 Å². The van der Waals surface area contributed by atoms with Crippen molar-refractivity contribution in [2.75, 3.05) is 19.0 Å². The highest BCUT2D eigenvalue weighted by Crippen LogP contribution is 2.31. The molecule has 4 rings (SSSR count). The number of nitrogens with zero attached hydrogens (tertiary/aromatic N) is 3. The van der Waals surface area contributed by atoms with Crippen molar-refractivity contribution in [3.05, 3.63) is 94.1 Å². The van der Waals surface area contributed by atoms with Crippen molar-refractivity contribution in [3.63, 3.8) is 0 Å². The zero-order valence-electron chi connectivity index (χ0n) is 16.6. The first-order valence-corrected chi connectivity index (χ1v) is 9.67. The van der Waals surface area contributed by atoms with E-state index in [0.29, 0.717) is 5.39 Å². The van der Waals surface area contributed by atoms with E-state index < -0.39 is 0 Å². The predicted octanol–water partition coefficient (Wildman–Crippen LogP) is 4.64. The second kappa shape index (κ2) is 7.47. The van der Waals surface area contributed by atoms with Gasteiger partial charge in [0.2, 0.25) is 0 Å². The van der Waals surface area contributed by atoms with Gasteiger partial charge in [0, 0.05) is 19.8 Å². The molecule has 1 unspecified atom stereocenters. The van der Waals surface area contributed by atoms with Crippen LogP contribution in [0.3, 0.4) is 0 Å². The third-order valence-corrected chi connectivity index (χ3v) is 5.35. The number of allylic oxidation sites excluding steroid dienone is 4. The molecule has 0 radical (unpaired) electrons. The number of benzene rings is 2. The van der Waals surface area contributed by atoms with Crippen molar-refractivity contribution in [2.24, 2.45) is 0 Å². The van der Waals surface area contributed by atoms with Gasteiger partial charge in [-0.2, -0.15) is 0 Å². The van der Waals surface area contributed by atoms with Gasteiger partial charge in [-0.25, -0.2) is 4.98 Å². The van der Waals surface area contributed by atoms with Gasteiger partial charge in [0.05, 0.1) is 16.9 Å². The summed E-state index contributed by atoms with van der Waals surface area (Å²) >= 11 is 0. The van der Waals surface area contributed by atoms with Crippen LogP contribution in [0.4, 0.5) is 5.69 Å². The van der Waals surface area contributed by atoms with Crippen LogP contribution in [-0.2, 0) is 0 Å². The summed E-state index contributed by atoms with van der Waals surface area (Å²) in [5.74, 6) is 0.736. The lowest BCUT2D eigenvalue weighted by atomic mass is 9.92. The zero-order chi connectivity index (χ0) is 19.7. The number of rotatable bonds is 4. The molecule has 0 fully saturated rings. The molecule has 4 heteroatoms. The van der Waals surface area contributed by atoms with Crippen LogP contribution in [0, 0.1) is 6.92 Å². The Morgan fingerprint density at radius 2 is 1.89 bits per heavy atom. The maximum absolute atomic E-state index is 13.6. The molecule has 1 aliphatic carbocycles. The SMILES string of the molecule is Cc1nc2ccc(N(C)C)cc2c(=O)n1C(C1=CC=CCC1)c1ccccc1. The van der Waals surface area contributed by atoms with Crippen LogP contribution in [0.1, 0.15) is 30.3 Å². The zero-order valence-corrected chi connectivity index (χ0v) is 16.6. The van der Waals surface area contributed by atoms with Crippen LogP contribution in [0.2, 0.25) is 0 Å². The van der Waals surface area contributed by atoms with Crippen molar-refractivity contribution in [1.29, 1.82) is 0 Å². The van der Waals surface area contributed by atoms with E-state index in [1.807, 2.05) is 66.9 Å². The van der Waals surface area contributed by atoms with Crippen LogP contribution in [-0.4, -0.2) is 23.6 Å². The number of hydrogen-bond acceptors (Lipinski definition) is 3. The van der Waals surface area contributed by atoms with Crippen LogP contribution >= 0.6 is 0 Å². The highest BCUT2D eigenvalue weighted by atomic mass is 16.1. The van der Waals surface area contributed by atoms with Gasteiger partial charge in [0.1, 0.15) is 5.82 Å². The summed E-state index contributed by atoms with van der Waals surface area (Å²) in [7, 11) is 3.96. The fraction of sp³-hybridized carbons (Fsp3) is 0.250. The largest absolute Gasteiger partial charge is 0.378 e. The lowest BCUT2D eigenvalue weighted by molar-refractivity contribution is 0.588. The van der Waals surface area contributed by atoms with Crippen molar-refractivity contribution in [3.8, 4) is 0 Å². The molecule has 3 aromatic rings. The Morgan fingerprint density at radius 1 is 1.11 bits per heavy atom. The predicted molar refractivity (Wildman–Crippen MR) is 116 cm³/mol. The molecule has 1 atom stereocenters. The molecule has 0 bridgehead atoms. The summed E-state index contributed by atoms with van der Waals surface area (Å²) in [6.07, 6.45) is 8.34. The average Bonchev–Trinajstić information content (AvgIpc) is 2.72. The van der Waals surface area contributed by atoms with E-state index in [4.69, 9.17) is 4.98 Å². The number of fused-ring (bicyclic) bond motifs is 1. The average molecular weight is 371 g/mol.